The first-order chi connectivity index (χ1) is 12.6. The summed E-state index contributed by atoms with van der Waals surface area (Å²) in [6.45, 7) is 2.80. The molecule has 0 bridgehead atoms. The van der Waals surface area contributed by atoms with Crippen molar-refractivity contribution in [2.75, 3.05) is 19.5 Å². The largest absolute Gasteiger partial charge is 0.493 e. The Hall–Kier alpha value is -2.22. The Morgan fingerprint density at radius 3 is 2.77 bits per heavy atom. The molecule has 140 valence electrons. The summed E-state index contributed by atoms with van der Waals surface area (Å²) in [7, 11) is 3.15. The van der Waals surface area contributed by atoms with Crippen molar-refractivity contribution in [2.45, 2.75) is 49.6 Å². The molecule has 0 aliphatic carbocycles. The monoisotopic (exact) mass is 376 g/mol. The predicted molar refractivity (Wildman–Crippen MR) is 101 cm³/mol. The minimum absolute atomic E-state index is 0.0896. The van der Waals surface area contributed by atoms with E-state index < -0.39 is 0 Å². The smallest absolute Gasteiger partial charge is 0.237 e. The van der Waals surface area contributed by atoms with E-state index in [0.717, 1.165) is 36.8 Å². The van der Waals surface area contributed by atoms with Gasteiger partial charge in [0.1, 0.15) is 5.82 Å². The Morgan fingerprint density at radius 1 is 1.19 bits per heavy atom. The molecule has 1 aromatic carbocycles. The number of nitrogens with one attached hydrogen (secondary N) is 1. The number of carbonyl (C=O) groups is 1. The molecular formula is C18H24N4O3S. The van der Waals surface area contributed by atoms with E-state index in [-0.39, 0.29) is 11.2 Å². The third-order valence-electron chi connectivity index (χ3n) is 4.38. The lowest BCUT2D eigenvalue weighted by atomic mass is 10.2. The lowest BCUT2D eigenvalue weighted by molar-refractivity contribution is -0.115. The van der Waals surface area contributed by atoms with Gasteiger partial charge in [0.2, 0.25) is 5.91 Å². The van der Waals surface area contributed by atoms with Crippen molar-refractivity contribution in [1.29, 1.82) is 0 Å². The van der Waals surface area contributed by atoms with Crippen molar-refractivity contribution in [3.63, 3.8) is 0 Å². The van der Waals surface area contributed by atoms with Crippen LogP contribution in [0.3, 0.4) is 0 Å². The minimum Gasteiger partial charge on any atom is -0.493 e. The van der Waals surface area contributed by atoms with Crippen LogP contribution < -0.4 is 14.8 Å². The van der Waals surface area contributed by atoms with Crippen LogP contribution in [0.25, 0.3) is 0 Å². The zero-order chi connectivity index (χ0) is 18.5. The third-order valence-corrected chi connectivity index (χ3v) is 5.46. The van der Waals surface area contributed by atoms with E-state index in [4.69, 9.17) is 9.47 Å². The number of ether oxygens (including phenoxy) is 2. The zero-order valence-electron chi connectivity index (χ0n) is 15.3. The summed E-state index contributed by atoms with van der Waals surface area (Å²) in [5.74, 6) is 2.14. The van der Waals surface area contributed by atoms with Crippen LogP contribution in [-0.2, 0) is 17.8 Å². The summed E-state index contributed by atoms with van der Waals surface area (Å²) in [6, 6.07) is 5.31. The molecule has 0 unspecified atom stereocenters. The molecule has 0 radical (unpaired) electrons. The molecule has 0 saturated heterocycles. The number of carbonyl (C=O) groups excluding carboxylic acids is 1. The van der Waals surface area contributed by atoms with E-state index in [9.17, 15) is 4.79 Å². The van der Waals surface area contributed by atoms with Gasteiger partial charge >= 0.3 is 0 Å². The number of hydrogen-bond donors (Lipinski definition) is 1. The van der Waals surface area contributed by atoms with Crippen molar-refractivity contribution >= 4 is 23.4 Å². The van der Waals surface area contributed by atoms with E-state index in [1.807, 2.05) is 6.92 Å². The first kappa shape index (κ1) is 18.6. The second-order valence-corrected chi connectivity index (χ2v) is 7.49. The predicted octanol–water partition coefficient (Wildman–Crippen LogP) is 3.14. The molecule has 1 N–H and O–H groups in total. The van der Waals surface area contributed by atoms with Gasteiger partial charge in [-0.1, -0.05) is 18.2 Å². The number of anilines is 1. The van der Waals surface area contributed by atoms with Crippen LogP contribution in [0.5, 0.6) is 11.5 Å². The molecule has 0 fully saturated rings. The summed E-state index contributed by atoms with van der Waals surface area (Å²) in [4.78, 5) is 12.6. The fraction of sp³-hybridized carbons (Fsp3) is 0.500. The van der Waals surface area contributed by atoms with E-state index in [0.29, 0.717) is 17.2 Å². The number of nitrogens with zero attached hydrogens (tertiary/aromatic N) is 3. The summed E-state index contributed by atoms with van der Waals surface area (Å²) in [5, 5.41) is 12.0. The number of fused-ring (bicyclic) bond motifs is 1. The maximum Gasteiger partial charge on any atom is 0.237 e. The molecule has 1 aliphatic heterocycles. The van der Waals surface area contributed by atoms with Gasteiger partial charge < -0.3 is 19.4 Å². The Kier molecular flexibility index (Phi) is 6.03. The number of rotatable bonds is 6. The topological polar surface area (TPSA) is 78.3 Å². The van der Waals surface area contributed by atoms with Gasteiger partial charge in [-0.2, -0.15) is 0 Å². The maximum absolute atomic E-state index is 12.6. The van der Waals surface area contributed by atoms with Crippen molar-refractivity contribution < 1.29 is 14.3 Å². The summed E-state index contributed by atoms with van der Waals surface area (Å²) < 4.78 is 12.6. The molecule has 1 atom stereocenters. The van der Waals surface area contributed by atoms with Crippen LogP contribution in [0, 0.1) is 0 Å². The van der Waals surface area contributed by atoms with Gasteiger partial charge in [-0.15, -0.1) is 10.2 Å². The summed E-state index contributed by atoms with van der Waals surface area (Å²) in [6.07, 6.45) is 4.45. The van der Waals surface area contributed by atoms with Crippen LogP contribution in [-0.4, -0.2) is 40.1 Å². The fourth-order valence-electron chi connectivity index (χ4n) is 2.92. The number of aryl methyl sites for hydroxylation is 1. The number of hydrogen-bond acceptors (Lipinski definition) is 6. The van der Waals surface area contributed by atoms with Gasteiger partial charge in [0, 0.05) is 24.7 Å². The van der Waals surface area contributed by atoms with Crippen LogP contribution in [0.2, 0.25) is 0 Å². The number of thioether (sulfide) groups is 1. The van der Waals surface area contributed by atoms with Crippen molar-refractivity contribution in [1.82, 2.24) is 14.8 Å². The lowest BCUT2D eigenvalue weighted by Gasteiger charge is -2.14. The zero-order valence-corrected chi connectivity index (χ0v) is 16.1. The molecule has 0 spiro atoms. The van der Waals surface area contributed by atoms with Crippen LogP contribution in [0.1, 0.15) is 32.0 Å². The van der Waals surface area contributed by atoms with Gasteiger partial charge in [0.25, 0.3) is 0 Å². The normalized spacial score (nSPS) is 14.9. The quantitative estimate of drug-likeness (QED) is 0.781. The van der Waals surface area contributed by atoms with Crippen molar-refractivity contribution in [3.05, 3.63) is 24.0 Å². The SMILES string of the molecule is COc1ccc(NC(=O)[C@H](C)Sc2nnc3n2CCCCC3)cc1OC. The van der Waals surface area contributed by atoms with Gasteiger partial charge in [0.05, 0.1) is 19.5 Å². The van der Waals surface area contributed by atoms with E-state index in [2.05, 4.69) is 20.1 Å². The van der Waals surface area contributed by atoms with Crippen LogP contribution >= 0.6 is 11.8 Å². The second kappa shape index (κ2) is 8.44. The third kappa shape index (κ3) is 4.12. The van der Waals surface area contributed by atoms with E-state index in [1.165, 1.54) is 18.2 Å². The number of benzene rings is 1. The number of amides is 1. The first-order valence-electron chi connectivity index (χ1n) is 8.74. The highest BCUT2D eigenvalue weighted by atomic mass is 32.2. The lowest BCUT2D eigenvalue weighted by Crippen LogP contribution is -2.23. The summed E-state index contributed by atoms with van der Waals surface area (Å²) >= 11 is 1.44. The van der Waals surface area contributed by atoms with Crippen LogP contribution in [0.4, 0.5) is 5.69 Å². The average molecular weight is 376 g/mol. The summed E-state index contributed by atoms with van der Waals surface area (Å²) in [5.41, 5.74) is 0.667. The maximum atomic E-state index is 12.6. The second-order valence-electron chi connectivity index (χ2n) is 6.18. The highest BCUT2D eigenvalue weighted by Crippen LogP contribution is 2.31. The van der Waals surface area contributed by atoms with Gasteiger partial charge in [0.15, 0.2) is 16.7 Å². The Labute approximate surface area is 157 Å². The highest BCUT2D eigenvalue weighted by Gasteiger charge is 2.21. The molecule has 7 nitrogen and oxygen atoms in total. The molecule has 1 aromatic heterocycles. The van der Waals surface area contributed by atoms with Crippen molar-refractivity contribution in [3.8, 4) is 11.5 Å². The molecule has 2 aromatic rings. The molecule has 1 amide bonds. The molecule has 3 rings (SSSR count). The Bertz CT molecular complexity index is 778. The number of methoxy groups -OCH3 is 2. The minimum atomic E-state index is -0.292. The van der Waals surface area contributed by atoms with Gasteiger partial charge in [-0.05, 0) is 31.9 Å². The average Bonchev–Trinajstić information content (AvgIpc) is 2.88. The standard InChI is InChI=1S/C18H24N4O3S/c1-12(26-18-21-20-16-7-5-4-6-10-22(16)18)17(23)19-13-8-9-14(24-2)15(11-13)25-3/h8-9,11-12H,4-7,10H2,1-3H3,(H,19,23)/t12-/m0/s1. The molecule has 26 heavy (non-hydrogen) atoms. The highest BCUT2D eigenvalue weighted by molar-refractivity contribution is 8.00. The molecule has 2 heterocycles. The molecule has 8 heteroatoms. The first-order valence-corrected chi connectivity index (χ1v) is 9.62. The van der Waals surface area contributed by atoms with Gasteiger partial charge in [-0.25, -0.2) is 0 Å². The van der Waals surface area contributed by atoms with Crippen molar-refractivity contribution in [2.24, 2.45) is 0 Å². The Balaban J connectivity index is 1.66. The van der Waals surface area contributed by atoms with Crippen LogP contribution in [0.15, 0.2) is 23.4 Å². The number of aromatic nitrogens is 3. The molecular weight excluding hydrogens is 352 g/mol. The fourth-order valence-corrected chi connectivity index (χ4v) is 3.81. The van der Waals surface area contributed by atoms with E-state index in [1.54, 1.807) is 32.4 Å². The Morgan fingerprint density at radius 2 is 2.00 bits per heavy atom. The molecule has 1 aliphatic rings. The molecule has 0 saturated carbocycles. The van der Waals surface area contributed by atoms with Gasteiger partial charge in [-0.3, -0.25) is 4.79 Å². The van der Waals surface area contributed by atoms with E-state index >= 15 is 0 Å².